The van der Waals surface area contributed by atoms with Crippen LogP contribution >= 0.6 is 11.8 Å². The third-order valence-corrected chi connectivity index (χ3v) is 4.16. The Bertz CT molecular complexity index is 399. The van der Waals surface area contributed by atoms with Crippen molar-refractivity contribution in [3.63, 3.8) is 0 Å². The van der Waals surface area contributed by atoms with Crippen molar-refractivity contribution in [3.8, 4) is 0 Å². The Balaban J connectivity index is 1.69. The molecule has 0 unspecified atom stereocenters. The van der Waals surface area contributed by atoms with E-state index in [1.807, 2.05) is 0 Å². The first-order valence-electron chi connectivity index (χ1n) is 6.35. The number of thioether (sulfide) groups is 1. The number of carbonyl (C=O) groups is 1. The maximum atomic E-state index is 11.7. The summed E-state index contributed by atoms with van der Waals surface area (Å²) in [5.41, 5.74) is 6.93. The summed E-state index contributed by atoms with van der Waals surface area (Å²) < 4.78 is 0. The third-order valence-electron chi connectivity index (χ3n) is 3.42. The molecule has 0 bridgehead atoms. The van der Waals surface area contributed by atoms with Crippen LogP contribution in [0, 0.1) is 5.92 Å². The summed E-state index contributed by atoms with van der Waals surface area (Å²) in [6.45, 7) is 0.711. The Morgan fingerprint density at radius 2 is 2.06 bits per heavy atom. The first-order chi connectivity index (χ1) is 8.69. The van der Waals surface area contributed by atoms with E-state index in [0.29, 0.717) is 6.54 Å². The normalized spacial score (nSPS) is 22.3. The summed E-state index contributed by atoms with van der Waals surface area (Å²) in [7, 11) is 0. The second-order valence-electron chi connectivity index (χ2n) is 4.82. The molecule has 0 aromatic heterocycles. The molecule has 1 aromatic rings. The molecule has 1 amide bonds. The molecule has 18 heavy (non-hydrogen) atoms. The Morgan fingerprint density at radius 3 is 2.61 bits per heavy atom. The van der Waals surface area contributed by atoms with E-state index in [2.05, 4.69) is 35.8 Å². The average molecular weight is 264 g/mol. The van der Waals surface area contributed by atoms with Gasteiger partial charge in [0.1, 0.15) is 0 Å². The molecule has 0 saturated heterocycles. The molecule has 1 fully saturated rings. The molecule has 0 spiro atoms. The summed E-state index contributed by atoms with van der Waals surface area (Å²) in [5.74, 6) is 0.316. The Hall–Kier alpha value is -1.00. The van der Waals surface area contributed by atoms with Crippen LogP contribution in [0.25, 0.3) is 0 Å². The van der Waals surface area contributed by atoms with E-state index in [1.54, 1.807) is 11.8 Å². The highest BCUT2D eigenvalue weighted by molar-refractivity contribution is 7.98. The number of rotatable bonds is 5. The topological polar surface area (TPSA) is 55.1 Å². The van der Waals surface area contributed by atoms with E-state index in [9.17, 15) is 4.79 Å². The predicted molar refractivity (Wildman–Crippen MR) is 75.6 cm³/mol. The van der Waals surface area contributed by atoms with Crippen LogP contribution in [-0.4, -0.2) is 24.7 Å². The van der Waals surface area contributed by atoms with Gasteiger partial charge in [-0.15, -0.1) is 11.8 Å². The molecular weight excluding hydrogens is 244 g/mol. The molecule has 1 aromatic carbocycles. The second-order valence-corrected chi connectivity index (χ2v) is 5.70. The maximum absolute atomic E-state index is 11.7. The van der Waals surface area contributed by atoms with E-state index in [1.165, 1.54) is 10.5 Å². The zero-order valence-corrected chi connectivity index (χ0v) is 11.5. The van der Waals surface area contributed by atoms with Gasteiger partial charge in [-0.05, 0) is 43.2 Å². The van der Waals surface area contributed by atoms with Crippen LogP contribution in [-0.2, 0) is 11.2 Å². The highest BCUT2D eigenvalue weighted by atomic mass is 32.2. The van der Waals surface area contributed by atoms with Crippen LogP contribution in [0.5, 0.6) is 0 Å². The lowest BCUT2D eigenvalue weighted by Crippen LogP contribution is -2.45. The fraction of sp³-hybridized carbons (Fsp3) is 0.500. The van der Waals surface area contributed by atoms with E-state index in [0.717, 1.165) is 19.3 Å². The number of nitrogens with two attached hydrogens (primary N) is 1. The molecule has 0 atom stereocenters. The predicted octanol–water partition coefficient (Wildman–Crippen LogP) is 1.80. The van der Waals surface area contributed by atoms with Gasteiger partial charge >= 0.3 is 0 Å². The van der Waals surface area contributed by atoms with E-state index >= 15 is 0 Å². The van der Waals surface area contributed by atoms with Gasteiger partial charge in [-0.2, -0.15) is 0 Å². The quantitative estimate of drug-likeness (QED) is 0.797. The van der Waals surface area contributed by atoms with Gasteiger partial charge in [-0.1, -0.05) is 12.1 Å². The Kier molecular flexibility index (Phi) is 4.66. The number of hydrogen-bond acceptors (Lipinski definition) is 3. The van der Waals surface area contributed by atoms with Crippen LogP contribution in [0.3, 0.4) is 0 Å². The van der Waals surface area contributed by atoms with Crippen LogP contribution in [0.1, 0.15) is 18.4 Å². The minimum atomic E-state index is 0.152. The lowest BCUT2D eigenvalue weighted by atomic mass is 9.80. The van der Waals surface area contributed by atoms with Gasteiger partial charge < -0.3 is 11.1 Å². The Morgan fingerprint density at radius 1 is 1.39 bits per heavy atom. The molecule has 0 radical (unpaired) electrons. The fourth-order valence-corrected chi connectivity index (χ4v) is 2.55. The fourth-order valence-electron chi connectivity index (χ4n) is 2.14. The molecular formula is C14H20N2OS. The molecule has 0 heterocycles. The first kappa shape index (κ1) is 13.4. The average Bonchev–Trinajstić information content (AvgIpc) is 2.35. The molecule has 0 aliphatic heterocycles. The van der Waals surface area contributed by atoms with E-state index in [-0.39, 0.29) is 17.9 Å². The third kappa shape index (κ3) is 3.50. The van der Waals surface area contributed by atoms with Gasteiger partial charge in [0, 0.05) is 23.4 Å². The molecule has 4 heteroatoms. The highest BCUT2D eigenvalue weighted by Gasteiger charge is 2.31. The monoisotopic (exact) mass is 264 g/mol. The van der Waals surface area contributed by atoms with Crippen LogP contribution in [0.15, 0.2) is 29.2 Å². The second kappa shape index (κ2) is 6.25. The van der Waals surface area contributed by atoms with Crippen LogP contribution in [0.4, 0.5) is 0 Å². The molecule has 3 N–H and O–H groups in total. The van der Waals surface area contributed by atoms with Gasteiger partial charge in [-0.3, -0.25) is 4.79 Å². The van der Waals surface area contributed by atoms with Crippen molar-refractivity contribution in [2.75, 3.05) is 12.8 Å². The van der Waals surface area contributed by atoms with Gasteiger partial charge in [0.05, 0.1) is 0 Å². The highest BCUT2D eigenvalue weighted by Crippen LogP contribution is 2.25. The minimum absolute atomic E-state index is 0.152. The van der Waals surface area contributed by atoms with Crippen molar-refractivity contribution < 1.29 is 4.79 Å². The summed E-state index contributed by atoms with van der Waals surface area (Å²) in [5, 5.41) is 2.98. The summed E-state index contributed by atoms with van der Waals surface area (Å²) in [6, 6.07) is 8.72. The van der Waals surface area contributed by atoms with Gasteiger partial charge in [0.2, 0.25) is 5.91 Å². The largest absolute Gasteiger partial charge is 0.356 e. The van der Waals surface area contributed by atoms with Crippen molar-refractivity contribution in [1.82, 2.24) is 5.32 Å². The SMILES string of the molecule is CSc1ccc(CCNC(=O)C2CC(N)C2)cc1. The smallest absolute Gasteiger partial charge is 0.223 e. The summed E-state index contributed by atoms with van der Waals surface area (Å²) >= 11 is 1.74. The van der Waals surface area contributed by atoms with Crippen molar-refractivity contribution in [2.45, 2.75) is 30.2 Å². The number of nitrogens with one attached hydrogen (secondary N) is 1. The lowest BCUT2D eigenvalue weighted by molar-refractivity contribution is -0.127. The molecule has 98 valence electrons. The Labute approximate surface area is 113 Å². The molecule has 1 aliphatic carbocycles. The molecule has 2 rings (SSSR count). The molecule has 3 nitrogen and oxygen atoms in total. The van der Waals surface area contributed by atoms with Gasteiger partial charge in [0.25, 0.3) is 0 Å². The number of hydrogen-bond donors (Lipinski definition) is 2. The van der Waals surface area contributed by atoms with Crippen molar-refractivity contribution in [1.29, 1.82) is 0 Å². The standard InChI is InChI=1S/C14H20N2OS/c1-18-13-4-2-10(3-5-13)6-7-16-14(17)11-8-12(15)9-11/h2-5,11-12H,6-9,15H2,1H3,(H,16,17). The first-order valence-corrected chi connectivity index (χ1v) is 7.57. The molecule has 1 saturated carbocycles. The zero-order chi connectivity index (χ0) is 13.0. The number of amides is 1. The van der Waals surface area contributed by atoms with Gasteiger partial charge in [-0.25, -0.2) is 0 Å². The van der Waals surface area contributed by atoms with Crippen molar-refractivity contribution in [2.24, 2.45) is 11.7 Å². The summed E-state index contributed by atoms with van der Waals surface area (Å²) in [4.78, 5) is 13.0. The van der Waals surface area contributed by atoms with Crippen molar-refractivity contribution in [3.05, 3.63) is 29.8 Å². The zero-order valence-electron chi connectivity index (χ0n) is 10.7. The van der Waals surface area contributed by atoms with E-state index in [4.69, 9.17) is 5.73 Å². The van der Waals surface area contributed by atoms with Crippen LogP contribution < -0.4 is 11.1 Å². The lowest BCUT2D eigenvalue weighted by Gasteiger charge is -2.31. The maximum Gasteiger partial charge on any atom is 0.223 e. The molecule has 1 aliphatic rings. The minimum Gasteiger partial charge on any atom is -0.356 e. The summed E-state index contributed by atoms with van der Waals surface area (Å²) in [6.07, 6.45) is 4.64. The number of benzene rings is 1. The van der Waals surface area contributed by atoms with E-state index < -0.39 is 0 Å². The van der Waals surface area contributed by atoms with Gasteiger partial charge in [0.15, 0.2) is 0 Å². The number of carbonyl (C=O) groups excluding carboxylic acids is 1. The van der Waals surface area contributed by atoms with Crippen molar-refractivity contribution >= 4 is 17.7 Å². The van der Waals surface area contributed by atoms with Crippen LogP contribution in [0.2, 0.25) is 0 Å².